The lowest BCUT2D eigenvalue weighted by atomic mass is 9.87. The van der Waals surface area contributed by atoms with E-state index in [0.29, 0.717) is 6.42 Å². The number of aromatic nitrogens is 1. The minimum Gasteiger partial charge on any atom is -0.310 e. The maximum Gasteiger partial charge on any atom is 0.0540 e. The third kappa shape index (κ3) is 8.05. The third-order valence-corrected chi connectivity index (χ3v) is 14.3. The molecule has 2 heterocycles. The van der Waals surface area contributed by atoms with Gasteiger partial charge in [0.1, 0.15) is 0 Å². The molecule has 2 aromatic heterocycles. The first-order valence-corrected chi connectivity index (χ1v) is 24.4. The molecule has 10 rings (SSSR count). The van der Waals surface area contributed by atoms with Crippen LogP contribution in [0.25, 0.3) is 107 Å². The molecule has 0 unspecified atom stereocenters. The number of benzene rings is 7. The van der Waals surface area contributed by atoms with E-state index in [1.165, 1.54) is 80.7 Å². The van der Waals surface area contributed by atoms with Crippen molar-refractivity contribution in [3.63, 3.8) is 0 Å². The van der Waals surface area contributed by atoms with Gasteiger partial charge < -0.3 is 4.57 Å². The van der Waals surface area contributed by atoms with Gasteiger partial charge in [0, 0.05) is 37.9 Å². The van der Waals surface area contributed by atoms with Crippen molar-refractivity contribution in [2.45, 2.75) is 33.6 Å². The quantitative estimate of drug-likeness (QED) is 0.0851. The summed E-state index contributed by atoms with van der Waals surface area (Å²) in [5.74, 6) is 0. The number of fused-ring (bicyclic) bond motifs is 5. The molecule has 0 aliphatic heterocycles. The van der Waals surface area contributed by atoms with E-state index in [1.54, 1.807) is 0 Å². The van der Waals surface area contributed by atoms with Crippen LogP contribution in [0.2, 0.25) is 0 Å². The fourth-order valence-electron chi connectivity index (χ4n) is 10.0. The summed E-state index contributed by atoms with van der Waals surface area (Å²) in [5, 5.41) is 7.49. The number of para-hydroxylation sites is 1. The van der Waals surface area contributed by atoms with Crippen LogP contribution < -0.4 is 10.4 Å². The molecule has 2 heteroatoms. The lowest BCUT2D eigenvalue weighted by molar-refractivity contribution is 1.13. The molecule has 0 atom stereocenters. The monoisotopic (exact) mass is 891 g/mol. The maximum atomic E-state index is 4.45. The predicted octanol–water partition coefficient (Wildman–Crippen LogP) is 17.1. The van der Waals surface area contributed by atoms with E-state index in [9.17, 15) is 0 Å². The zero-order valence-electron chi connectivity index (χ0n) is 39.0. The smallest absolute Gasteiger partial charge is 0.0540 e. The third-order valence-electron chi connectivity index (χ3n) is 13.0. The highest BCUT2D eigenvalue weighted by molar-refractivity contribution is 7.21. The number of hydrogen-bond acceptors (Lipinski definition) is 1. The Kier molecular flexibility index (Phi) is 12.6. The van der Waals surface area contributed by atoms with Crippen molar-refractivity contribution in [2.75, 3.05) is 0 Å². The molecule has 68 heavy (non-hydrogen) atoms. The van der Waals surface area contributed by atoms with Crippen molar-refractivity contribution in [1.29, 1.82) is 0 Å². The van der Waals surface area contributed by atoms with Gasteiger partial charge in [-0.1, -0.05) is 208 Å². The Morgan fingerprint density at radius 1 is 0.706 bits per heavy atom. The molecule has 0 saturated carbocycles. The van der Waals surface area contributed by atoms with E-state index < -0.39 is 0 Å². The molecular weight excluding hydrogens is 839 g/mol. The van der Waals surface area contributed by atoms with Gasteiger partial charge in [-0.05, 0) is 123 Å². The maximum absolute atomic E-state index is 4.45. The number of allylic oxidation sites excluding steroid dienone is 8. The molecule has 1 aliphatic rings. The standard InChI is InChI=1S/C66H53NS/c1-6-10-32-50(41-39-46-40-42-56-60(44-46)64(49-30-18-13-19-31-49)55(25-7-2)51(8-3)63(56)48-28-16-12-17-29-48)67-61(9-4)59(54-34-22-23-38-62(54)67)43-45(5)52-33-20-21-35-57-58-37-24-36-53(66(58)68-65(52)57)47-26-14-11-15-27-47/h6,8-32,34-38,40-44H,1,4,7,39H2,2-3,5H3/b32-10-,45-43+,50-41+,51-8+,55-25+. The largest absolute Gasteiger partial charge is 0.310 e. The van der Waals surface area contributed by atoms with Gasteiger partial charge >= 0.3 is 0 Å². The Bertz CT molecular complexity index is 3740. The van der Waals surface area contributed by atoms with Gasteiger partial charge in [0.25, 0.3) is 0 Å². The van der Waals surface area contributed by atoms with Crippen LogP contribution in [0.5, 0.6) is 0 Å². The second kappa shape index (κ2) is 19.5. The minimum absolute atomic E-state index is 0.716. The summed E-state index contributed by atoms with van der Waals surface area (Å²) in [6, 6.07) is 54.9. The summed E-state index contributed by atoms with van der Waals surface area (Å²) < 4.78 is 3.65. The van der Waals surface area contributed by atoms with Gasteiger partial charge in [-0.3, -0.25) is 0 Å². The highest BCUT2D eigenvalue weighted by Gasteiger charge is 2.21. The average Bonchev–Trinajstić information content (AvgIpc) is 3.82. The van der Waals surface area contributed by atoms with Crippen molar-refractivity contribution in [1.82, 2.24) is 4.57 Å². The molecule has 1 nitrogen and oxygen atoms in total. The van der Waals surface area contributed by atoms with E-state index in [-0.39, 0.29) is 0 Å². The number of rotatable bonds is 12. The van der Waals surface area contributed by atoms with Crippen LogP contribution in [-0.4, -0.2) is 4.57 Å². The first kappa shape index (κ1) is 43.9. The van der Waals surface area contributed by atoms with Crippen molar-refractivity contribution in [3.05, 3.63) is 250 Å². The Morgan fingerprint density at radius 3 is 2.07 bits per heavy atom. The van der Waals surface area contributed by atoms with E-state index in [1.807, 2.05) is 35.6 Å². The van der Waals surface area contributed by atoms with Crippen molar-refractivity contribution in [2.24, 2.45) is 0 Å². The second-order valence-electron chi connectivity index (χ2n) is 17.1. The summed E-state index contributed by atoms with van der Waals surface area (Å²) in [7, 11) is 0. The molecular formula is C66H53NS. The summed E-state index contributed by atoms with van der Waals surface area (Å²) >= 11 is 1.86. The number of nitrogens with zero attached hydrogens (tertiary/aromatic N) is 1. The van der Waals surface area contributed by atoms with Gasteiger partial charge in [-0.2, -0.15) is 0 Å². The van der Waals surface area contributed by atoms with Crippen LogP contribution in [0.4, 0.5) is 0 Å². The molecule has 328 valence electrons. The lowest BCUT2D eigenvalue weighted by Gasteiger charge is -2.17. The average molecular weight is 892 g/mol. The highest BCUT2D eigenvalue weighted by Crippen LogP contribution is 2.45. The molecule has 0 radical (unpaired) electrons. The van der Waals surface area contributed by atoms with E-state index in [2.05, 4.69) is 238 Å². The molecule has 7 aromatic carbocycles. The fraction of sp³-hybridized carbons (Fsp3) is 0.0758. The summed E-state index contributed by atoms with van der Waals surface area (Å²) in [5.41, 5.74) is 20.2. The van der Waals surface area contributed by atoms with Gasteiger partial charge in [-0.15, -0.1) is 17.1 Å². The normalized spacial score (nSPS) is 13.5. The van der Waals surface area contributed by atoms with Crippen LogP contribution >= 0.6 is 11.3 Å². The Labute approximate surface area is 404 Å². The van der Waals surface area contributed by atoms with Crippen LogP contribution in [0.1, 0.15) is 54.5 Å². The van der Waals surface area contributed by atoms with Crippen LogP contribution in [0.15, 0.2) is 213 Å². The summed E-state index contributed by atoms with van der Waals surface area (Å²) in [6.07, 6.45) is 25.5. The van der Waals surface area contributed by atoms with Crippen LogP contribution in [0, 0.1) is 0 Å². The number of thiophene rings is 1. The second-order valence-corrected chi connectivity index (χ2v) is 18.2. The summed E-state index contributed by atoms with van der Waals surface area (Å²) in [6.45, 7) is 15.1. The first-order valence-electron chi connectivity index (χ1n) is 23.6. The SMILES string of the molecule is C=C/C=C\C(=C/Cc1ccc2c(-c3ccccc3)c(=C/C)/c(=C\CC)c(-c3ccccc3)c2c1)n1c(C=C)c(/C=C(\C)C2=C=CC=Cc3c2sc2c(-c4ccccc4)cccc32)c2ccccc21. The van der Waals surface area contributed by atoms with E-state index in [4.69, 9.17) is 0 Å². The zero-order valence-corrected chi connectivity index (χ0v) is 39.8. The van der Waals surface area contributed by atoms with Gasteiger partial charge in [-0.25, -0.2) is 0 Å². The molecule has 9 aromatic rings. The van der Waals surface area contributed by atoms with Gasteiger partial charge in [0.2, 0.25) is 0 Å². The van der Waals surface area contributed by atoms with E-state index >= 15 is 0 Å². The van der Waals surface area contributed by atoms with E-state index in [0.717, 1.165) is 45.4 Å². The zero-order chi connectivity index (χ0) is 46.6. The lowest BCUT2D eigenvalue weighted by Crippen LogP contribution is -2.29. The molecule has 0 saturated heterocycles. The highest BCUT2D eigenvalue weighted by atomic mass is 32.1. The fourth-order valence-corrected chi connectivity index (χ4v) is 11.4. The Balaban J connectivity index is 1.12. The van der Waals surface area contributed by atoms with Gasteiger partial charge in [0.05, 0.1) is 16.1 Å². The van der Waals surface area contributed by atoms with Crippen LogP contribution in [0.3, 0.4) is 0 Å². The molecule has 0 amide bonds. The minimum atomic E-state index is 0.716. The first-order chi connectivity index (χ1) is 33.5. The Hall–Kier alpha value is -8.00. The molecule has 0 N–H and O–H groups in total. The topological polar surface area (TPSA) is 4.93 Å². The van der Waals surface area contributed by atoms with Crippen molar-refractivity contribution in [3.8, 4) is 33.4 Å². The molecule has 0 fully saturated rings. The summed E-state index contributed by atoms with van der Waals surface area (Å²) in [4.78, 5) is 1.23. The van der Waals surface area contributed by atoms with Crippen molar-refractivity contribution >= 4 is 84.7 Å². The molecule has 1 aliphatic carbocycles. The molecule has 0 bridgehead atoms. The van der Waals surface area contributed by atoms with Crippen LogP contribution in [-0.2, 0) is 6.42 Å². The number of hydrogen-bond donors (Lipinski definition) is 0. The predicted molar refractivity (Wildman–Crippen MR) is 300 cm³/mol. The molecule has 0 spiro atoms. The Morgan fingerprint density at radius 2 is 1.38 bits per heavy atom. The van der Waals surface area contributed by atoms with Crippen molar-refractivity contribution < 1.29 is 0 Å². The van der Waals surface area contributed by atoms with Gasteiger partial charge in [0.15, 0.2) is 0 Å².